The zero-order valence-electron chi connectivity index (χ0n) is 10.7. The second-order valence-electron chi connectivity index (χ2n) is 6.63. The minimum atomic E-state index is 0.0447. The van der Waals surface area contributed by atoms with Gasteiger partial charge in [-0.15, -0.1) is 0 Å². The van der Waals surface area contributed by atoms with E-state index >= 15 is 0 Å². The highest BCUT2D eigenvalue weighted by Crippen LogP contribution is 2.59. The molecule has 0 aliphatic heterocycles. The van der Waals surface area contributed by atoms with Crippen molar-refractivity contribution in [1.82, 2.24) is 5.32 Å². The molecule has 4 aliphatic carbocycles. The molecule has 0 aromatic rings. The van der Waals surface area contributed by atoms with Gasteiger partial charge in [-0.1, -0.05) is 0 Å². The Kier molecular flexibility index (Phi) is 2.89. The van der Waals surface area contributed by atoms with Gasteiger partial charge in [0.05, 0.1) is 0 Å². The van der Waals surface area contributed by atoms with Crippen LogP contribution in [-0.4, -0.2) is 26.2 Å². The van der Waals surface area contributed by atoms with Crippen molar-refractivity contribution in [1.29, 1.82) is 0 Å². The van der Waals surface area contributed by atoms with Crippen LogP contribution in [0.5, 0.6) is 0 Å². The number of ether oxygens (including phenoxy) is 1. The highest BCUT2D eigenvalue weighted by atomic mass is 16.5. The summed E-state index contributed by atoms with van der Waals surface area (Å²) in [6, 6.07) is 0. The van der Waals surface area contributed by atoms with Crippen LogP contribution in [0.1, 0.15) is 38.5 Å². The van der Waals surface area contributed by atoms with E-state index < -0.39 is 0 Å². The molecule has 0 saturated heterocycles. The van der Waals surface area contributed by atoms with E-state index in [2.05, 4.69) is 5.32 Å². The van der Waals surface area contributed by atoms with Crippen LogP contribution in [0.2, 0.25) is 0 Å². The van der Waals surface area contributed by atoms with E-state index in [0.29, 0.717) is 5.41 Å². The highest BCUT2D eigenvalue weighted by Gasteiger charge is 2.50. The van der Waals surface area contributed by atoms with Crippen molar-refractivity contribution in [3.8, 4) is 0 Å². The molecule has 1 amide bonds. The van der Waals surface area contributed by atoms with Crippen molar-refractivity contribution < 1.29 is 9.53 Å². The summed E-state index contributed by atoms with van der Waals surface area (Å²) in [5, 5.41) is 3.08. The van der Waals surface area contributed by atoms with E-state index in [-0.39, 0.29) is 12.5 Å². The molecule has 3 nitrogen and oxygen atoms in total. The molecule has 0 atom stereocenters. The molecule has 0 aromatic carbocycles. The highest BCUT2D eigenvalue weighted by molar-refractivity contribution is 5.77. The van der Waals surface area contributed by atoms with Crippen LogP contribution >= 0.6 is 0 Å². The van der Waals surface area contributed by atoms with Gasteiger partial charge in [0.1, 0.15) is 6.61 Å². The summed E-state index contributed by atoms with van der Waals surface area (Å²) >= 11 is 0. The Hall–Kier alpha value is -0.570. The predicted molar refractivity (Wildman–Crippen MR) is 65.5 cm³/mol. The van der Waals surface area contributed by atoms with Crippen LogP contribution in [0, 0.1) is 23.2 Å². The lowest BCUT2D eigenvalue weighted by Gasteiger charge is -2.56. The Labute approximate surface area is 103 Å². The number of rotatable bonds is 4. The van der Waals surface area contributed by atoms with Crippen LogP contribution in [0.3, 0.4) is 0 Å². The van der Waals surface area contributed by atoms with Crippen molar-refractivity contribution in [2.45, 2.75) is 38.5 Å². The number of hydrogen-bond donors (Lipinski definition) is 1. The number of amides is 1. The molecule has 96 valence electrons. The van der Waals surface area contributed by atoms with Crippen LogP contribution in [0.15, 0.2) is 0 Å². The topological polar surface area (TPSA) is 38.3 Å². The van der Waals surface area contributed by atoms with Gasteiger partial charge in [0.2, 0.25) is 5.91 Å². The molecule has 4 saturated carbocycles. The fourth-order valence-electron chi connectivity index (χ4n) is 4.97. The molecule has 4 bridgehead atoms. The monoisotopic (exact) mass is 237 g/mol. The van der Waals surface area contributed by atoms with Gasteiger partial charge < -0.3 is 10.1 Å². The number of hydrogen-bond acceptors (Lipinski definition) is 2. The van der Waals surface area contributed by atoms with Crippen LogP contribution in [0.25, 0.3) is 0 Å². The van der Waals surface area contributed by atoms with E-state index in [1.807, 2.05) is 0 Å². The summed E-state index contributed by atoms with van der Waals surface area (Å²) in [6.07, 6.45) is 8.45. The lowest BCUT2D eigenvalue weighted by atomic mass is 9.49. The lowest BCUT2D eigenvalue weighted by molar-refractivity contribution is -0.126. The number of nitrogens with one attached hydrogen (secondary N) is 1. The van der Waals surface area contributed by atoms with Gasteiger partial charge in [-0.05, 0) is 61.7 Å². The van der Waals surface area contributed by atoms with Crippen molar-refractivity contribution in [2.75, 3.05) is 20.3 Å². The fourth-order valence-corrected chi connectivity index (χ4v) is 4.97. The summed E-state index contributed by atoms with van der Waals surface area (Å²) in [5.41, 5.74) is 0.443. The van der Waals surface area contributed by atoms with E-state index in [1.54, 1.807) is 7.11 Å². The van der Waals surface area contributed by atoms with Crippen LogP contribution in [0.4, 0.5) is 0 Å². The predicted octanol–water partition coefficient (Wildman–Crippen LogP) is 1.97. The number of methoxy groups -OCH3 is 1. The molecule has 17 heavy (non-hydrogen) atoms. The third kappa shape index (κ3) is 2.22. The van der Waals surface area contributed by atoms with E-state index in [0.717, 1.165) is 24.3 Å². The van der Waals surface area contributed by atoms with Crippen LogP contribution < -0.4 is 5.32 Å². The van der Waals surface area contributed by atoms with E-state index in [1.165, 1.54) is 38.5 Å². The van der Waals surface area contributed by atoms with E-state index in [9.17, 15) is 4.79 Å². The molecular formula is C14H23NO2. The third-order valence-corrected chi connectivity index (χ3v) is 5.10. The van der Waals surface area contributed by atoms with Gasteiger partial charge in [-0.2, -0.15) is 0 Å². The standard InChI is InChI=1S/C14H23NO2/c1-17-8-13(16)15-9-14-5-10-2-11(6-14)4-12(3-10)7-14/h10-12H,2-9H2,1H3,(H,15,16). The molecule has 0 aromatic heterocycles. The van der Waals surface area contributed by atoms with Crippen molar-refractivity contribution in [3.05, 3.63) is 0 Å². The van der Waals surface area contributed by atoms with Crippen molar-refractivity contribution in [2.24, 2.45) is 23.2 Å². The lowest BCUT2D eigenvalue weighted by Crippen LogP contribution is -2.51. The minimum absolute atomic E-state index is 0.0447. The van der Waals surface area contributed by atoms with Gasteiger partial charge in [-0.25, -0.2) is 0 Å². The van der Waals surface area contributed by atoms with Crippen molar-refractivity contribution in [3.63, 3.8) is 0 Å². The molecular weight excluding hydrogens is 214 g/mol. The minimum Gasteiger partial charge on any atom is -0.375 e. The average Bonchev–Trinajstić information content (AvgIpc) is 2.25. The van der Waals surface area contributed by atoms with Crippen LogP contribution in [-0.2, 0) is 9.53 Å². The second-order valence-corrected chi connectivity index (χ2v) is 6.63. The van der Waals surface area contributed by atoms with Gasteiger partial charge in [0.15, 0.2) is 0 Å². The average molecular weight is 237 g/mol. The van der Waals surface area contributed by atoms with Gasteiger partial charge in [0, 0.05) is 13.7 Å². The summed E-state index contributed by atoms with van der Waals surface area (Å²) in [6.45, 7) is 1.09. The first-order valence-corrected chi connectivity index (χ1v) is 6.95. The molecule has 4 fully saturated rings. The van der Waals surface area contributed by atoms with Gasteiger partial charge in [-0.3, -0.25) is 4.79 Å². The molecule has 0 spiro atoms. The second kappa shape index (κ2) is 4.27. The maximum atomic E-state index is 11.5. The Morgan fingerprint density at radius 2 is 1.71 bits per heavy atom. The fraction of sp³-hybridized carbons (Fsp3) is 0.929. The molecule has 1 N–H and O–H groups in total. The number of carbonyl (C=O) groups excluding carboxylic acids is 1. The molecule has 3 heteroatoms. The summed E-state index contributed by atoms with van der Waals surface area (Å²) in [4.78, 5) is 11.5. The quantitative estimate of drug-likeness (QED) is 0.811. The van der Waals surface area contributed by atoms with Gasteiger partial charge in [0.25, 0.3) is 0 Å². The Balaban J connectivity index is 1.60. The first-order valence-electron chi connectivity index (χ1n) is 6.95. The molecule has 4 rings (SSSR count). The zero-order valence-corrected chi connectivity index (χ0v) is 10.7. The van der Waals surface area contributed by atoms with Gasteiger partial charge >= 0.3 is 0 Å². The SMILES string of the molecule is COCC(=O)NCC12CC3CC(CC(C3)C1)C2. The molecule has 0 radical (unpaired) electrons. The summed E-state index contributed by atoms with van der Waals surface area (Å²) < 4.78 is 4.86. The first kappa shape index (κ1) is 11.5. The maximum absolute atomic E-state index is 11.5. The molecule has 4 aliphatic rings. The Morgan fingerprint density at radius 1 is 1.18 bits per heavy atom. The largest absolute Gasteiger partial charge is 0.375 e. The summed E-state index contributed by atoms with van der Waals surface area (Å²) in [7, 11) is 1.57. The summed E-state index contributed by atoms with van der Waals surface area (Å²) in [5.74, 6) is 2.92. The number of carbonyl (C=O) groups is 1. The van der Waals surface area contributed by atoms with Crippen molar-refractivity contribution >= 4 is 5.91 Å². The zero-order chi connectivity index (χ0) is 11.9. The maximum Gasteiger partial charge on any atom is 0.246 e. The molecule has 0 unspecified atom stereocenters. The normalized spacial score (nSPS) is 42.8. The smallest absolute Gasteiger partial charge is 0.246 e. The Morgan fingerprint density at radius 3 is 2.18 bits per heavy atom. The first-order chi connectivity index (χ1) is 8.19. The van der Waals surface area contributed by atoms with E-state index in [4.69, 9.17) is 4.74 Å². The molecule has 0 heterocycles. The third-order valence-electron chi connectivity index (χ3n) is 5.10. The Bertz CT molecular complexity index is 278.